The van der Waals surface area contributed by atoms with Crippen LogP contribution in [0.2, 0.25) is 0 Å². The van der Waals surface area contributed by atoms with Crippen LogP contribution in [0.5, 0.6) is 11.5 Å². The van der Waals surface area contributed by atoms with Crippen LogP contribution in [0.25, 0.3) is 0 Å². The molecule has 2 heterocycles. The first kappa shape index (κ1) is 20.6. The van der Waals surface area contributed by atoms with Crippen LogP contribution in [0.3, 0.4) is 0 Å². The van der Waals surface area contributed by atoms with Gasteiger partial charge in [-0.25, -0.2) is 8.78 Å². The highest BCUT2D eigenvalue weighted by molar-refractivity contribution is 5.94. The van der Waals surface area contributed by atoms with Crippen LogP contribution in [0.15, 0.2) is 36.4 Å². The molecule has 0 radical (unpaired) electrons. The molecule has 2 saturated heterocycles. The Kier molecular flexibility index (Phi) is 5.90. The number of carbonyl (C=O) groups excluding carboxylic acids is 1. The third-order valence-corrected chi connectivity index (χ3v) is 6.24. The fraction of sp³-hybridized carbons (Fsp3) is 0.435. The van der Waals surface area contributed by atoms with E-state index in [0.717, 1.165) is 61.4 Å². The number of hydrogen-bond acceptors (Lipinski definition) is 4. The van der Waals surface area contributed by atoms with Gasteiger partial charge in [-0.05, 0) is 43.9 Å². The summed E-state index contributed by atoms with van der Waals surface area (Å²) in [7, 11) is 3.29. The monoisotopic (exact) mass is 416 g/mol. The van der Waals surface area contributed by atoms with Crippen molar-refractivity contribution < 1.29 is 23.0 Å². The zero-order valence-corrected chi connectivity index (χ0v) is 17.2. The molecule has 2 atom stereocenters. The van der Waals surface area contributed by atoms with Gasteiger partial charge in [0.25, 0.3) is 5.91 Å². The van der Waals surface area contributed by atoms with E-state index in [1.165, 1.54) is 6.07 Å². The molecular formula is C23H26F2N2O3. The lowest BCUT2D eigenvalue weighted by molar-refractivity contribution is 0.0822. The molecule has 7 heteroatoms. The Balaban J connectivity index is 1.42. The van der Waals surface area contributed by atoms with Gasteiger partial charge in [0.2, 0.25) is 0 Å². The number of halogens is 2. The van der Waals surface area contributed by atoms with Crippen LogP contribution in [-0.2, 0) is 6.54 Å². The zero-order chi connectivity index (χ0) is 21.3. The van der Waals surface area contributed by atoms with Gasteiger partial charge in [-0.1, -0.05) is 6.07 Å². The number of nitrogens with one attached hydrogen (secondary N) is 1. The van der Waals surface area contributed by atoms with E-state index in [9.17, 15) is 13.6 Å². The first-order chi connectivity index (χ1) is 14.5. The number of ether oxygens (including phenoxy) is 2. The topological polar surface area (TPSA) is 50.8 Å². The maximum absolute atomic E-state index is 13.9. The predicted molar refractivity (Wildman–Crippen MR) is 109 cm³/mol. The quantitative estimate of drug-likeness (QED) is 0.776. The number of methoxy groups -OCH3 is 2. The Labute approximate surface area is 175 Å². The number of carbonyl (C=O) groups is 1. The predicted octanol–water partition coefficient (Wildman–Crippen LogP) is 3.91. The third-order valence-electron chi connectivity index (χ3n) is 6.24. The van der Waals surface area contributed by atoms with Crippen molar-refractivity contribution in [2.45, 2.75) is 50.4 Å². The summed E-state index contributed by atoms with van der Waals surface area (Å²) in [4.78, 5) is 15.0. The summed E-state index contributed by atoms with van der Waals surface area (Å²) in [5.74, 6) is -0.449. The van der Waals surface area contributed by atoms with Crippen molar-refractivity contribution in [3.05, 3.63) is 59.2 Å². The SMILES string of the molecule is COc1ccc(CN2C3CCC2CC(NC(=O)c2ccc(F)cc2F)C3)c(OC)c1. The molecule has 2 aliphatic rings. The average molecular weight is 416 g/mol. The average Bonchev–Trinajstić information content (AvgIpc) is 2.96. The summed E-state index contributed by atoms with van der Waals surface area (Å²) >= 11 is 0. The highest BCUT2D eigenvalue weighted by atomic mass is 19.1. The van der Waals surface area contributed by atoms with Crippen molar-refractivity contribution in [2.75, 3.05) is 14.2 Å². The molecule has 2 bridgehead atoms. The number of nitrogens with zero attached hydrogens (tertiary/aromatic N) is 1. The number of benzene rings is 2. The van der Waals surface area contributed by atoms with Gasteiger partial charge in [-0.2, -0.15) is 0 Å². The standard InChI is InChI=1S/C23H26F2N2O3/c1-29-19-7-3-14(22(12-19)30-2)13-27-17-5-6-18(27)11-16(10-17)26-23(28)20-8-4-15(24)9-21(20)25/h3-4,7-9,12,16-18H,5-6,10-11,13H2,1-2H3,(H,26,28). The molecule has 2 unspecified atom stereocenters. The van der Waals surface area contributed by atoms with Crippen molar-refractivity contribution in [3.63, 3.8) is 0 Å². The van der Waals surface area contributed by atoms with Gasteiger partial charge in [0.05, 0.1) is 19.8 Å². The van der Waals surface area contributed by atoms with E-state index in [0.29, 0.717) is 12.1 Å². The Morgan fingerprint density at radius 2 is 1.80 bits per heavy atom. The van der Waals surface area contributed by atoms with E-state index >= 15 is 0 Å². The summed E-state index contributed by atoms with van der Waals surface area (Å²) in [6, 6.07) is 9.56. The molecule has 0 spiro atoms. The lowest BCUT2D eigenvalue weighted by Crippen LogP contribution is -2.50. The van der Waals surface area contributed by atoms with Gasteiger partial charge in [-0.15, -0.1) is 0 Å². The van der Waals surface area contributed by atoms with E-state index in [2.05, 4.69) is 10.2 Å². The minimum atomic E-state index is -0.834. The maximum Gasteiger partial charge on any atom is 0.254 e. The first-order valence-corrected chi connectivity index (χ1v) is 10.2. The van der Waals surface area contributed by atoms with E-state index in [4.69, 9.17) is 9.47 Å². The molecule has 2 aliphatic heterocycles. The Hall–Kier alpha value is -2.67. The van der Waals surface area contributed by atoms with E-state index in [1.54, 1.807) is 14.2 Å². The van der Waals surface area contributed by atoms with Crippen LogP contribution < -0.4 is 14.8 Å². The smallest absolute Gasteiger partial charge is 0.254 e. The molecule has 5 nitrogen and oxygen atoms in total. The van der Waals surface area contributed by atoms with Gasteiger partial charge in [-0.3, -0.25) is 9.69 Å². The largest absolute Gasteiger partial charge is 0.497 e. The van der Waals surface area contributed by atoms with Crippen molar-refractivity contribution in [1.29, 1.82) is 0 Å². The number of amides is 1. The van der Waals surface area contributed by atoms with Gasteiger partial charge in [0.15, 0.2) is 0 Å². The second kappa shape index (κ2) is 8.60. The fourth-order valence-electron chi connectivity index (χ4n) is 4.77. The van der Waals surface area contributed by atoms with Crippen molar-refractivity contribution in [3.8, 4) is 11.5 Å². The van der Waals surface area contributed by atoms with Crippen molar-refractivity contribution >= 4 is 5.91 Å². The molecule has 0 aromatic heterocycles. The van der Waals surface area contributed by atoms with Crippen LogP contribution in [-0.4, -0.2) is 43.2 Å². The lowest BCUT2D eigenvalue weighted by atomic mass is 9.96. The molecular weight excluding hydrogens is 390 g/mol. The summed E-state index contributed by atoms with van der Waals surface area (Å²) in [6.45, 7) is 0.774. The molecule has 30 heavy (non-hydrogen) atoms. The Morgan fingerprint density at radius 3 is 2.43 bits per heavy atom. The number of hydrogen-bond donors (Lipinski definition) is 1. The summed E-state index contributed by atoms with van der Waals surface area (Å²) in [6.07, 6.45) is 3.76. The first-order valence-electron chi connectivity index (χ1n) is 10.2. The minimum Gasteiger partial charge on any atom is -0.497 e. The van der Waals surface area contributed by atoms with Crippen LogP contribution >= 0.6 is 0 Å². The van der Waals surface area contributed by atoms with Crippen molar-refractivity contribution in [2.24, 2.45) is 0 Å². The fourth-order valence-corrected chi connectivity index (χ4v) is 4.77. The number of piperidine rings is 1. The molecule has 160 valence electrons. The number of rotatable bonds is 6. The van der Waals surface area contributed by atoms with Gasteiger partial charge < -0.3 is 14.8 Å². The molecule has 0 aliphatic carbocycles. The second-order valence-electron chi connectivity index (χ2n) is 8.00. The molecule has 2 aromatic rings. The third kappa shape index (κ3) is 4.12. The molecule has 2 fully saturated rings. The minimum absolute atomic E-state index is 0.0199. The maximum atomic E-state index is 13.9. The van der Waals surface area contributed by atoms with Gasteiger partial charge >= 0.3 is 0 Å². The van der Waals surface area contributed by atoms with Crippen LogP contribution in [0.1, 0.15) is 41.6 Å². The molecule has 2 aromatic carbocycles. The van der Waals surface area contributed by atoms with Crippen molar-refractivity contribution in [1.82, 2.24) is 10.2 Å². The van der Waals surface area contributed by atoms with E-state index in [-0.39, 0.29) is 11.6 Å². The zero-order valence-electron chi connectivity index (χ0n) is 17.2. The normalized spacial score (nSPS) is 23.3. The van der Waals surface area contributed by atoms with Gasteiger partial charge in [0.1, 0.15) is 23.1 Å². The van der Waals surface area contributed by atoms with Crippen LogP contribution in [0, 0.1) is 11.6 Å². The van der Waals surface area contributed by atoms with E-state index in [1.807, 2.05) is 18.2 Å². The summed E-state index contributed by atoms with van der Waals surface area (Å²) in [5.41, 5.74) is 0.986. The van der Waals surface area contributed by atoms with Gasteiger partial charge in [0, 0.05) is 42.4 Å². The highest BCUT2D eigenvalue weighted by Crippen LogP contribution is 2.38. The molecule has 4 rings (SSSR count). The Bertz CT molecular complexity index is 923. The molecule has 1 amide bonds. The molecule has 1 N–H and O–H groups in total. The lowest BCUT2D eigenvalue weighted by Gasteiger charge is -2.39. The van der Waals surface area contributed by atoms with Crippen LogP contribution in [0.4, 0.5) is 8.78 Å². The number of fused-ring (bicyclic) bond motifs is 2. The highest BCUT2D eigenvalue weighted by Gasteiger charge is 2.41. The summed E-state index contributed by atoms with van der Waals surface area (Å²) < 4.78 is 37.8. The molecule has 0 saturated carbocycles. The second-order valence-corrected chi connectivity index (χ2v) is 8.00. The summed E-state index contributed by atoms with van der Waals surface area (Å²) in [5, 5.41) is 2.95. The Morgan fingerprint density at radius 1 is 1.07 bits per heavy atom. The van der Waals surface area contributed by atoms with E-state index < -0.39 is 17.5 Å².